The predicted octanol–water partition coefficient (Wildman–Crippen LogP) is 3.68. The van der Waals surface area contributed by atoms with E-state index in [2.05, 4.69) is 4.84 Å². The highest BCUT2D eigenvalue weighted by molar-refractivity contribution is 5.34. The van der Waals surface area contributed by atoms with Crippen LogP contribution in [-0.2, 0) is 17.2 Å². The zero-order valence-corrected chi connectivity index (χ0v) is 9.06. The fourth-order valence-corrected chi connectivity index (χ4v) is 1.29. The molecule has 0 bridgehead atoms. The Labute approximate surface area is 98.3 Å². The molecule has 0 aliphatic carbocycles. The molecule has 0 fully saturated rings. The third-order valence-corrected chi connectivity index (χ3v) is 2.28. The molecule has 2 N–H and O–H groups in total. The van der Waals surface area contributed by atoms with Crippen molar-refractivity contribution in [3.8, 4) is 0 Å². The van der Waals surface area contributed by atoms with Crippen LogP contribution in [0.25, 0.3) is 0 Å². The molecule has 1 rings (SSSR count). The van der Waals surface area contributed by atoms with Gasteiger partial charge in [0.25, 0.3) is 0 Å². The van der Waals surface area contributed by atoms with E-state index in [0.29, 0.717) is 12.1 Å². The minimum Gasteiger partial charge on any atom is -0.297 e. The van der Waals surface area contributed by atoms with Crippen molar-refractivity contribution in [3.05, 3.63) is 34.9 Å². The molecule has 102 valence electrons. The monoisotopic (exact) mass is 273 g/mol. The van der Waals surface area contributed by atoms with Gasteiger partial charge in [-0.2, -0.15) is 26.3 Å². The summed E-state index contributed by atoms with van der Waals surface area (Å²) < 4.78 is 74.8. The van der Waals surface area contributed by atoms with Crippen molar-refractivity contribution >= 4 is 0 Å². The van der Waals surface area contributed by atoms with E-state index in [-0.39, 0.29) is 11.6 Å². The van der Waals surface area contributed by atoms with Gasteiger partial charge in [-0.15, -0.1) is 0 Å². The fraction of sp³-hybridized carbons (Fsp3) is 0.400. The molecule has 1 atom stereocenters. The van der Waals surface area contributed by atoms with Gasteiger partial charge >= 0.3 is 12.4 Å². The number of benzene rings is 1. The lowest BCUT2D eigenvalue weighted by Crippen LogP contribution is -2.14. The van der Waals surface area contributed by atoms with Crippen molar-refractivity contribution in [2.24, 2.45) is 5.90 Å². The van der Waals surface area contributed by atoms with Crippen LogP contribution in [-0.4, -0.2) is 0 Å². The molecule has 1 aromatic rings. The number of alkyl halides is 6. The van der Waals surface area contributed by atoms with Gasteiger partial charge < -0.3 is 0 Å². The summed E-state index contributed by atoms with van der Waals surface area (Å²) in [5.74, 6) is 4.76. The molecule has 0 aliphatic heterocycles. The highest BCUT2D eigenvalue weighted by Crippen LogP contribution is 2.37. The summed E-state index contributed by atoms with van der Waals surface area (Å²) in [6, 6.07) is 1.20. The minimum atomic E-state index is -4.87. The van der Waals surface area contributed by atoms with Crippen LogP contribution in [0.1, 0.15) is 29.7 Å². The van der Waals surface area contributed by atoms with Crippen molar-refractivity contribution in [2.45, 2.75) is 25.4 Å². The van der Waals surface area contributed by atoms with E-state index in [4.69, 9.17) is 5.90 Å². The maximum absolute atomic E-state index is 12.5. The summed E-state index contributed by atoms with van der Waals surface area (Å²) in [6.45, 7) is 1.25. The average Bonchev–Trinajstić information content (AvgIpc) is 2.25. The Morgan fingerprint density at radius 3 is 1.61 bits per heavy atom. The number of nitrogens with two attached hydrogens (primary N) is 1. The second kappa shape index (κ2) is 4.77. The Morgan fingerprint density at radius 2 is 1.33 bits per heavy atom. The van der Waals surface area contributed by atoms with Crippen LogP contribution in [0.4, 0.5) is 26.3 Å². The summed E-state index contributed by atoms with van der Waals surface area (Å²) in [5, 5.41) is 0. The van der Waals surface area contributed by atoms with Gasteiger partial charge in [-0.1, -0.05) is 0 Å². The zero-order valence-electron chi connectivity index (χ0n) is 9.06. The molecule has 1 unspecified atom stereocenters. The van der Waals surface area contributed by atoms with E-state index in [1.165, 1.54) is 6.92 Å². The van der Waals surface area contributed by atoms with Gasteiger partial charge in [0, 0.05) is 0 Å². The highest BCUT2D eigenvalue weighted by atomic mass is 19.4. The molecule has 0 aliphatic rings. The Hall–Kier alpha value is -1.28. The molecule has 0 aromatic heterocycles. The van der Waals surface area contributed by atoms with Gasteiger partial charge in [0.15, 0.2) is 0 Å². The number of hydrogen-bond donors (Lipinski definition) is 1. The van der Waals surface area contributed by atoms with Crippen molar-refractivity contribution in [1.82, 2.24) is 0 Å². The molecule has 0 radical (unpaired) electrons. The molecule has 8 heteroatoms. The third kappa shape index (κ3) is 3.36. The normalized spacial score (nSPS) is 14.7. The van der Waals surface area contributed by atoms with Crippen LogP contribution < -0.4 is 5.90 Å². The van der Waals surface area contributed by atoms with Gasteiger partial charge in [0.1, 0.15) is 6.10 Å². The standard InChI is InChI=1S/C10H9F6NO/c1-5(18-17)6-2-7(9(11,12)13)4-8(3-6)10(14,15)16/h2-5H,17H2,1H3. The zero-order chi connectivity index (χ0) is 14.1. The fourth-order valence-electron chi connectivity index (χ4n) is 1.29. The molecule has 0 amide bonds. The van der Waals surface area contributed by atoms with E-state index in [9.17, 15) is 26.3 Å². The second-order valence-corrected chi connectivity index (χ2v) is 3.62. The van der Waals surface area contributed by atoms with Gasteiger partial charge in [-0.05, 0) is 30.7 Å². The van der Waals surface area contributed by atoms with Crippen LogP contribution >= 0.6 is 0 Å². The van der Waals surface area contributed by atoms with Crippen molar-refractivity contribution in [3.63, 3.8) is 0 Å². The minimum absolute atomic E-state index is 0.0484. The largest absolute Gasteiger partial charge is 0.416 e. The van der Waals surface area contributed by atoms with E-state index >= 15 is 0 Å². The summed E-state index contributed by atoms with van der Waals surface area (Å²) in [4.78, 5) is 4.24. The van der Waals surface area contributed by atoms with Crippen LogP contribution in [0.3, 0.4) is 0 Å². The average molecular weight is 273 g/mol. The first-order chi connectivity index (χ1) is 8.05. The summed E-state index contributed by atoms with van der Waals surface area (Å²) in [6.07, 6.45) is -10.8. The van der Waals surface area contributed by atoms with Gasteiger partial charge in [0.05, 0.1) is 11.1 Å². The van der Waals surface area contributed by atoms with Gasteiger partial charge in [0.2, 0.25) is 0 Å². The molecular weight excluding hydrogens is 264 g/mol. The molecule has 0 spiro atoms. The van der Waals surface area contributed by atoms with Gasteiger partial charge in [-0.25, -0.2) is 5.90 Å². The molecule has 0 saturated heterocycles. The first-order valence-corrected chi connectivity index (χ1v) is 4.70. The lowest BCUT2D eigenvalue weighted by atomic mass is 10.0. The Balaban J connectivity index is 3.39. The smallest absolute Gasteiger partial charge is 0.297 e. The Kier molecular flexibility index (Phi) is 3.92. The van der Waals surface area contributed by atoms with E-state index in [1.807, 2.05) is 0 Å². The van der Waals surface area contributed by atoms with E-state index in [0.717, 1.165) is 0 Å². The quantitative estimate of drug-likeness (QED) is 0.659. The van der Waals surface area contributed by atoms with Crippen LogP contribution in [0, 0.1) is 0 Å². The first-order valence-electron chi connectivity index (χ1n) is 4.70. The van der Waals surface area contributed by atoms with E-state index in [1.54, 1.807) is 0 Å². The topological polar surface area (TPSA) is 35.2 Å². The van der Waals surface area contributed by atoms with Gasteiger partial charge in [-0.3, -0.25) is 4.84 Å². The molecular formula is C10H9F6NO. The van der Waals surface area contributed by atoms with Crippen molar-refractivity contribution in [2.75, 3.05) is 0 Å². The first kappa shape index (κ1) is 14.8. The predicted molar refractivity (Wildman–Crippen MR) is 50.1 cm³/mol. The summed E-state index contributed by atoms with van der Waals surface area (Å²) >= 11 is 0. The third-order valence-electron chi connectivity index (χ3n) is 2.28. The summed E-state index contributed by atoms with van der Waals surface area (Å²) in [5.41, 5.74) is -3.08. The number of rotatable bonds is 2. The molecule has 0 heterocycles. The summed E-state index contributed by atoms with van der Waals surface area (Å²) in [7, 11) is 0. The van der Waals surface area contributed by atoms with Crippen LogP contribution in [0.15, 0.2) is 18.2 Å². The van der Waals surface area contributed by atoms with Crippen LogP contribution in [0.2, 0.25) is 0 Å². The SMILES string of the molecule is CC(ON)c1cc(C(F)(F)F)cc(C(F)(F)F)c1. The highest BCUT2D eigenvalue weighted by Gasteiger charge is 2.37. The molecule has 1 aromatic carbocycles. The Morgan fingerprint density at radius 1 is 0.944 bits per heavy atom. The lowest BCUT2D eigenvalue weighted by Gasteiger charge is -2.16. The molecule has 18 heavy (non-hydrogen) atoms. The van der Waals surface area contributed by atoms with Crippen molar-refractivity contribution in [1.29, 1.82) is 0 Å². The number of hydrogen-bond acceptors (Lipinski definition) is 2. The second-order valence-electron chi connectivity index (χ2n) is 3.62. The van der Waals surface area contributed by atoms with Crippen molar-refractivity contribution < 1.29 is 31.2 Å². The van der Waals surface area contributed by atoms with Crippen LogP contribution in [0.5, 0.6) is 0 Å². The Bertz CT molecular complexity index is 393. The molecule has 2 nitrogen and oxygen atoms in total. The lowest BCUT2D eigenvalue weighted by molar-refractivity contribution is -0.143. The van der Waals surface area contributed by atoms with E-state index < -0.39 is 29.6 Å². The number of halogens is 6. The maximum atomic E-state index is 12.5. The molecule has 0 saturated carbocycles. The maximum Gasteiger partial charge on any atom is 0.416 e.